The second-order valence-electron chi connectivity index (χ2n) is 3.62. The SMILES string of the molecule is CC(C(N)=O)N(C)Cc1cccc(Br)c1. The van der Waals surface area contributed by atoms with Crippen molar-refractivity contribution in [2.45, 2.75) is 19.5 Å². The van der Waals surface area contributed by atoms with E-state index in [1.54, 1.807) is 6.92 Å². The van der Waals surface area contributed by atoms with Crippen molar-refractivity contribution in [1.29, 1.82) is 0 Å². The molecule has 0 aliphatic heterocycles. The first-order chi connectivity index (χ1) is 7.00. The van der Waals surface area contributed by atoms with Crippen LogP contribution in [0, 0.1) is 0 Å². The summed E-state index contributed by atoms with van der Waals surface area (Å²) in [4.78, 5) is 12.9. The molecule has 3 nitrogen and oxygen atoms in total. The fourth-order valence-electron chi connectivity index (χ4n) is 1.28. The Balaban J connectivity index is 2.66. The third kappa shape index (κ3) is 3.64. The van der Waals surface area contributed by atoms with Crippen molar-refractivity contribution in [3.05, 3.63) is 34.3 Å². The monoisotopic (exact) mass is 270 g/mol. The number of hydrogen-bond acceptors (Lipinski definition) is 2. The first-order valence-corrected chi connectivity index (χ1v) is 5.54. The number of halogens is 1. The topological polar surface area (TPSA) is 46.3 Å². The van der Waals surface area contributed by atoms with Gasteiger partial charge in [-0.3, -0.25) is 9.69 Å². The van der Waals surface area contributed by atoms with Gasteiger partial charge in [0.25, 0.3) is 0 Å². The number of primary amides is 1. The number of benzene rings is 1. The van der Waals surface area contributed by atoms with Crippen LogP contribution in [0.4, 0.5) is 0 Å². The number of nitrogens with two attached hydrogens (primary N) is 1. The summed E-state index contributed by atoms with van der Waals surface area (Å²) in [6, 6.07) is 7.76. The zero-order valence-corrected chi connectivity index (χ0v) is 10.5. The van der Waals surface area contributed by atoms with E-state index in [1.807, 2.05) is 36.2 Å². The number of amides is 1. The molecule has 1 rings (SSSR count). The quantitative estimate of drug-likeness (QED) is 0.906. The van der Waals surface area contributed by atoms with Gasteiger partial charge in [0.2, 0.25) is 5.91 Å². The van der Waals surface area contributed by atoms with E-state index in [2.05, 4.69) is 15.9 Å². The van der Waals surface area contributed by atoms with Gasteiger partial charge in [-0.1, -0.05) is 28.1 Å². The Hall–Kier alpha value is -0.870. The maximum atomic E-state index is 11.0. The molecule has 1 atom stereocenters. The van der Waals surface area contributed by atoms with E-state index in [4.69, 9.17) is 5.73 Å². The molecule has 1 unspecified atom stereocenters. The number of rotatable bonds is 4. The van der Waals surface area contributed by atoms with E-state index in [0.29, 0.717) is 6.54 Å². The van der Waals surface area contributed by atoms with E-state index >= 15 is 0 Å². The minimum atomic E-state index is -0.299. The van der Waals surface area contributed by atoms with E-state index < -0.39 is 0 Å². The van der Waals surface area contributed by atoms with Gasteiger partial charge in [0.05, 0.1) is 6.04 Å². The predicted molar refractivity (Wildman–Crippen MR) is 64.3 cm³/mol. The Kier molecular flexibility index (Phi) is 4.29. The van der Waals surface area contributed by atoms with Gasteiger partial charge in [-0.05, 0) is 31.7 Å². The van der Waals surface area contributed by atoms with Crippen molar-refractivity contribution in [2.75, 3.05) is 7.05 Å². The summed E-state index contributed by atoms with van der Waals surface area (Å²) >= 11 is 3.41. The average molecular weight is 271 g/mol. The lowest BCUT2D eigenvalue weighted by molar-refractivity contribution is -0.122. The lowest BCUT2D eigenvalue weighted by Crippen LogP contribution is -2.39. The third-order valence-electron chi connectivity index (χ3n) is 2.39. The Morgan fingerprint density at radius 2 is 2.27 bits per heavy atom. The zero-order valence-electron chi connectivity index (χ0n) is 8.90. The minimum absolute atomic E-state index is 0.246. The fraction of sp³-hybridized carbons (Fsp3) is 0.364. The van der Waals surface area contributed by atoms with Crippen LogP contribution in [0.2, 0.25) is 0 Å². The summed E-state index contributed by atoms with van der Waals surface area (Å²) in [5.74, 6) is -0.299. The fourth-order valence-corrected chi connectivity index (χ4v) is 1.72. The van der Waals surface area contributed by atoms with Crippen molar-refractivity contribution >= 4 is 21.8 Å². The van der Waals surface area contributed by atoms with Gasteiger partial charge in [0, 0.05) is 11.0 Å². The van der Waals surface area contributed by atoms with E-state index in [1.165, 1.54) is 0 Å². The second kappa shape index (κ2) is 5.28. The largest absolute Gasteiger partial charge is 0.368 e. The predicted octanol–water partition coefficient (Wildman–Crippen LogP) is 1.75. The average Bonchev–Trinajstić information content (AvgIpc) is 2.16. The van der Waals surface area contributed by atoms with E-state index in [9.17, 15) is 4.79 Å². The minimum Gasteiger partial charge on any atom is -0.368 e. The van der Waals surface area contributed by atoms with Gasteiger partial charge < -0.3 is 5.73 Å². The molecule has 0 radical (unpaired) electrons. The van der Waals surface area contributed by atoms with Crippen LogP contribution in [0.5, 0.6) is 0 Å². The number of nitrogens with zero attached hydrogens (tertiary/aromatic N) is 1. The molecule has 4 heteroatoms. The normalized spacial score (nSPS) is 12.8. The van der Waals surface area contributed by atoms with Gasteiger partial charge in [0.1, 0.15) is 0 Å². The zero-order chi connectivity index (χ0) is 11.4. The molecule has 15 heavy (non-hydrogen) atoms. The molecular formula is C11H15BrN2O. The van der Waals surface area contributed by atoms with Crippen molar-refractivity contribution in [3.63, 3.8) is 0 Å². The van der Waals surface area contributed by atoms with Crippen molar-refractivity contribution in [1.82, 2.24) is 4.90 Å². The molecular weight excluding hydrogens is 256 g/mol. The molecule has 0 aliphatic carbocycles. The highest BCUT2D eigenvalue weighted by atomic mass is 79.9. The summed E-state index contributed by atoms with van der Waals surface area (Å²) in [5, 5.41) is 0. The molecule has 1 amide bonds. The third-order valence-corrected chi connectivity index (χ3v) is 2.89. The molecule has 0 aliphatic rings. The number of carbonyl (C=O) groups is 1. The highest BCUT2D eigenvalue weighted by molar-refractivity contribution is 9.10. The lowest BCUT2D eigenvalue weighted by Gasteiger charge is -2.21. The number of carbonyl (C=O) groups excluding carboxylic acids is 1. The van der Waals surface area contributed by atoms with Gasteiger partial charge in [-0.15, -0.1) is 0 Å². The first kappa shape index (κ1) is 12.2. The maximum Gasteiger partial charge on any atom is 0.234 e. The molecule has 2 N–H and O–H groups in total. The Morgan fingerprint density at radius 1 is 1.60 bits per heavy atom. The van der Waals surface area contributed by atoms with Crippen LogP contribution in [-0.4, -0.2) is 23.9 Å². The van der Waals surface area contributed by atoms with Gasteiger partial charge >= 0.3 is 0 Å². The molecule has 0 spiro atoms. The van der Waals surface area contributed by atoms with E-state index in [0.717, 1.165) is 10.0 Å². The summed E-state index contributed by atoms with van der Waals surface area (Å²) in [6.07, 6.45) is 0. The molecule has 0 saturated heterocycles. The van der Waals surface area contributed by atoms with Crippen LogP contribution >= 0.6 is 15.9 Å². The maximum absolute atomic E-state index is 11.0. The summed E-state index contributed by atoms with van der Waals surface area (Å²) in [5.41, 5.74) is 6.38. The van der Waals surface area contributed by atoms with Crippen LogP contribution in [0.25, 0.3) is 0 Å². The molecule has 82 valence electrons. The lowest BCUT2D eigenvalue weighted by atomic mass is 10.2. The summed E-state index contributed by atoms with van der Waals surface area (Å²) in [6.45, 7) is 2.52. The molecule has 1 aromatic carbocycles. The van der Waals surface area contributed by atoms with Crippen molar-refractivity contribution in [3.8, 4) is 0 Å². The smallest absolute Gasteiger partial charge is 0.234 e. The number of hydrogen-bond donors (Lipinski definition) is 1. The standard InChI is InChI=1S/C11H15BrN2O/c1-8(11(13)15)14(2)7-9-4-3-5-10(12)6-9/h3-6,8H,7H2,1-2H3,(H2,13,15). The summed E-state index contributed by atoms with van der Waals surface area (Å²) < 4.78 is 1.04. The van der Waals surface area contributed by atoms with Crippen molar-refractivity contribution < 1.29 is 4.79 Å². The van der Waals surface area contributed by atoms with Crippen LogP contribution in [0.3, 0.4) is 0 Å². The molecule has 0 fully saturated rings. The highest BCUT2D eigenvalue weighted by Gasteiger charge is 2.14. The Bertz CT molecular complexity index is 354. The van der Waals surface area contributed by atoms with Crippen molar-refractivity contribution in [2.24, 2.45) is 5.73 Å². The summed E-state index contributed by atoms with van der Waals surface area (Å²) in [7, 11) is 1.89. The molecule has 0 saturated carbocycles. The van der Waals surface area contributed by atoms with Gasteiger partial charge in [0.15, 0.2) is 0 Å². The van der Waals surface area contributed by atoms with Gasteiger partial charge in [-0.2, -0.15) is 0 Å². The second-order valence-corrected chi connectivity index (χ2v) is 4.54. The molecule has 0 bridgehead atoms. The van der Waals surface area contributed by atoms with Crippen LogP contribution in [-0.2, 0) is 11.3 Å². The molecule has 0 aromatic heterocycles. The van der Waals surface area contributed by atoms with Gasteiger partial charge in [-0.25, -0.2) is 0 Å². The Labute approximate surface area is 98.4 Å². The number of likely N-dealkylation sites (N-methyl/N-ethyl adjacent to an activating group) is 1. The van der Waals surface area contributed by atoms with E-state index in [-0.39, 0.29) is 11.9 Å². The molecule has 1 aromatic rings. The molecule has 0 heterocycles. The van der Waals surface area contributed by atoms with Crippen LogP contribution in [0.1, 0.15) is 12.5 Å². The van der Waals surface area contributed by atoms with Crippen LogP contribution in [0.15, 0.2) is 28.7 Å². The Morgan fingerprint density at radius 3 is 2.80 bits per heavy atom. The highest BCUT2D eigenvalue weighted by Crippen LogP contribution is 2.13. The first-order valence-electron chi connectivity index (χ1n) is 4.74. The van der Waals surface area contributed by atoms with Crippen LogP contribution < -0.4 is 5.73 Å².